The Morgan fingerprint density at radius 3 is 2.12 bits per heavy atom. The molecule has 0 bridgehead atoms. The van der Waals surface area contributed by atoms with E-state index in [2.05, 4.69) is 0 Å². The molecule has 1 heterocycles. The average molecular weight is 507 g/mol. The van der Waals surface area contributed by atoms with Gasteiger partial charge in [0.2, 0.25) is 0 Å². The summed E-state index contributed by atoms with van der Waals surface area (Å²) in [4.78, 5) is 25.0. The van der Waals surface area contributed by atoms with Gasteiger partial charge in [-0.15, -0.1) is 0 Å². The van der Waals surface area contributed by atoms with Crippen LogP contribution >= 0.6 is 34.5 Å². The SMILES string of the molecule is O=C(Oc1cc(-c2cc(Cl)ccc2Cl)c2oc(=O)sc2c1)C(c1ccccc1)c1ccccc1. The van der Waals surface area contributed by atoms with Crippen LogP contribution in [-0.2, 0) is 4.79 Å². The van der Waals surface area contributed by atoms with Crippen molar-refractivity contribution < 1.29 is 13.9 Å². The van der Waals surface area contributed by atoms with Gasteiger partial charge in [-0.1, -0.05) is 95.2 Å². The minimum Gasteiger partial charge on any atom is -0.426 e. The zero-order valence-corrected chi connectivity index (χ0v) is 19.9. The Balaban J connectivity index is 1.60. The number of carbonyl (C=O) groups is 1. The zero-order chi connectivity index (χ0) is 23.7. The molecule has 0 aliphatic carbocycles. The molecular formula is C27H16Cl2O4S. The first kappa shape index (κ1) is 22.4. The molecule has 4 aromatic carbocycles. The summed E-state index contributed by atoms with van der Waals surface area (Å²) in [5.74, 6) is -0.799. The van der Waals surface area contributed by atoms with Crippen molar-refractivity contribution in [3.63, 3.8) is 0 Å². The standard InChI is InChI=1S/C27H16Cl2O4S/c28-18-11-12-22(29)20(13-18)21-14-19(15-23-25(21)33-27(31)34-23)32-26(30)24(16-7-3-1-4-8-16)17-9-5-2-6-10-17/h1-15,24H. The van der Waals surface area contributed by atoms with Crippen molar-refractivity contribution in [2.45, 2.75) is 5.92 Å². The summed E-state index contributed by atoms with van der Waals surface area (Å²) in [6.45, 7) is 0. The van der Waals surface area contributed by atoms with Crippen LogP contribution < -0.4 is 9.68 Å². The van der Waals surface area contributed by atoms with Gasteiger partial charge in [-0.25, -0.2) is 4.79 Å². The van der Waals surface area contributed by atoms with Crippen molar-refractivity contribution >= 4 is 50.8 Å². The molecule has 0 N–H and O–H groups in total. The van der Waals surface area contributed by atoms with E-state index in [1.165, 1.54) is 0 Å². The highest BCUT2D eigenvalue weighted by atomic mass is 35.5. The largest absolute Gasteiger partial charge is 0.426 e. The van der Waals surface area contributed by atoms with E-state index in [1.807, 2.05) is 60.7 Å². The normalized spacial score (nSPS) is 11.1. The van der Waals surface area contributed by atoms with Gasteiger partial charge < -0.3 is 9.15 Å². The van der Waals surface area contributed by atoms with E-state index in [0.717, 1.165) is 22.5 Å². The Bertz CT molecular complexity index is 1500. The lowest BCUT2D eigenvalue weighted by Crippen LogP contribution is -2.20. The van der Waals surface area contributed by atoms with Crippen LogP contribution in [0.15, 0.2) is 100 Å². The molecule has 0 atom stereocenters. The van der Waals surface area contributed by atoms with Crippen LogP contribution in [0, 0.1) is 0 Å². The topological polar surface area (TPSA) is 56.5 Å². The second-order valence-corrected chi connectivity index (χ2v) is 9.37. The minimum absolute atomic E-state index is 0.275. The second kappa shape index (κ2) is 9.47. The van der Waals surface area contributed by atoms with E-state index in [4.69, 9.17) is 32.4 Å². The minimum atomic E-state index is -0.626. The molecule has 0 saturated carbocycles. The van der Waals surface area contributed by atoms with Crippen LogP contribution in [0.5, 0.6) is 5.75 Å². The van der Waals surface area contributed by atoms with Gasteiger partial charge in [0.05, 0.1) is 4.70 Å². The number of hydrogen-bond donors (Lipinski definition) is 0. The summed E-state index contributed by atoms with van der Waals surface area (Å²) in [5.41, 5.74) is 3.07. The van der Waals surface area contributed by atoms with E-state index in [-0.39, 0.29) is 5.75 Å². The van der Waals surface area contributed by atoms with Crippen LogP contribution in [-0.4, -0.2) is 5.97 Å². The van der Waals surface area contributed by atoms with Crippen molar-refractivity contribution in [1.29, 1.82) is 0 Å². The molecule has 0 unspecified atom stereocenters. The Hall–Kier alpha value is -3.38. The fourth-order valence-corrected chi connectivity index (χ4v) is 4.96. The summed E-state index contributed by atoms with van der Waals surface area (Å²) in [6, 6.07) is 27.2. The predicted molar refractivity (Wildman–Crippen MR) is 136 cm³/mol. The third kappa shape index (κ3) is 4.50. The van der Waals surface area contributed by atoms with E-state index in [0.29, 0.717) is 31.5 Å². The molecule has 4 nitrogen and oxygen atoms in total. The summed E-state index contributed by atoms with van der Waals surface area (Å²) in [5, 5.41) is 0.898. The van der Waals surface area contributed by atoms with Crippen molar-refractivity contribution in [2.24, 2.45) is 0 Å². The highest BCUT2D eigenvalue weighted by molar-refractivity contribution is 7.16. The van der Waals surface area contributed by atoms with Crippen molar-refractivity contribution in [1.82, 2.24) is 0 Å². The summed E-state index contributed by atoms with van der Waals surface area (Å²) in [7, 11) is 0. The fourth-order valence-electron chi connectivity index (χ4n) is 3.85. The highest BCUT2D eigenvalue weighted by Crippen LogP contribution is 2.39. The quantitative estimate of drug-likeness (QED) is 0.182. The van der Waals surface area contributed by atoms with E-state index < -0.39 is 16.8 Å². The Kier molecular flexibility index (Phi) is 6.24. The van der Waals surface area contributed by atoms with E-state index in [9.17, 15) is 9.59 Å². The Morgan fingerprint density at radius 2 is 1.47 bits per heavy atom. The van der Waals surface area contributed by atoms with Crippen LogP contribution in [0.4, 0.5) is 0 Å². The molecule has 0 saturated heterocycles. The van der Waals surface area contributed by atoms with Gasteiger partial charge in [0.1, 0.15) is 11.7 Å². The van der Waals surface area contributed by atoms with Gasteiger partial charge in [0.15, 0.2) is 5.58 Å². The number of esters is 1. The summed E-state index contributed by atoms with van der Waals surface area (Å²) >= 11 is 13.5. The van der Waals surface area contributed by atoms with Crippen LogP contribution in [0.1, 0.15) is 17.0 Å². The van der Waals surface area contributed by atoms with E-state index >= 15 is 0 Å². The molecule has 0 aliphatic rings. The first-order valence-electron chi connectivity index (χ1n) is 10.3. The number of benzene rings is 4. The smallest absolute Gasteiger partial charge is 0.396 e. The molecule has 0 spiro atoms. The number of carbonyl (C=O) groups excluding carboxylic acids is 1. The van der Waals surface area contributed by atoms with Crippen LogP contribution in [0.25, 0.3) is 21.4 Å². The lowest BCUT2D eigenvalue weighted by molar-refractivity contribution is -0.135. The molecule has 5 aromatic rings. The van der Waals surface area contributed by atoms with Crippen molar-refractivity contribution in [2.75, 3.05) is 0 Å². The van der Waals surface area contributed by atoms with Gasteiger partial charge in [0, 0.05) is 27.2 Å². The van der Waals surface area contributed by atoms with E-state index in [1.54, 1.807) is 30.3 Å². The molecule has 5 rings (SSSR count). The van der Waals surface area contributed by atoms with Gasteiger partial charge in [-0.2, -0.15) is 0 Å². The van der Waals surface area contributed by atoms with Gasteiger partial charge >= 0.3 is 10.9 Å². The van der Waals surface area contributed by atoms with Gasteiger partial charge in [-0.3, -0.25) is 4.79 Å². The third-order valence-electron chi connectivity index (χ3n) is 5.35. The maximum atomic E-state index is 13.5. The van der Waals surface area contributed by atoms with Crippen molar-refractivity contribution in [3.8, 4) is 16.9 Å². The maximum absolute atomic E-state index is 13.5. The second-order valence-electron chi connectivity index (χ2n) is 7.55. The molecule has 0 fully saturated rings. The third-order valence-corrected chi connectivity index (χ3v) is 6.68. The predicted octanol–water partition coefficient (Wildman–Crippen LogP) is 7.57. The van der Waals surface area contributed by atoms with Gasteiger partial charge in [-0.05, 0) is 35.4 Å². The van der Waals surface area contributed by atoms with Gasteiger partial charge in [0.25, 0.3) is 0 Å². The number of fused-ring (bicyclic) bond motifs is 1. The molecule has 0 amide bonds. The molecular weight excluding hydrogens is 491 g/mol. The lowest BCUT2D eigenvalue weighted by atomic mass is 9.91. The molecule has 0 radical (unpaired) electrons. The number of hydrogen-bond acceptors (Lipinski definition) is 5. The number of rotatable bonds is 5. The fraction of sp³-hybridized carbons (Fsp3) is 0.0370. The first-order chi connectivity index (χ1) is 16.5. The molecule has 0 aliphatic heterocycles. The zero-order valence-electron chi connectivity index (χ0n) is 17.5. The number of ether oxygens (including phenoxy) is 1. The number of halogens is 2. The van der Waals surface area contributed by atoms with Crippen molar-refractivity contribution in [3.05, 3.63) is 122 Å². The summed E-state index contributed by atoms with van der Waals surface area (Å²) in [6.07, 6.45) is 0. The highest BCUT2D eigenvalue weighted by Gasteiger charge is 2.26. The lowest BCUT2D eigenvalue weighted by Gasteiger charge is -2.17. The molecule has 168 valence electrons. The maximum Gasteiger partial charge on any atom is 0.396 e. The van der Waals surface area contributed by atoms with Crippen LogP contribution in [0.2, 0.25) is 10.0 Å². The molecule has 1 aromatic heterocycles. The first-order valence-corrected chi connectivity index (χ1v) is 11.9. The molecule has 7 heteroatoms. The molecule has 34 heavy (non-hydrogen) atoms. The monoisotopic (exact) mass is 506 g/mol. The van der Waals surface area contributed by atoms with Crippen LogP contribution in [0.3, 0.4) is 0 Å². The Labute approximate surface area is 209 Å². The summed E-state index contributed by atoms with van der Waals surface area (Å²) < 4.78 is 11.8. The Morgan fingerprint density at radius 1 is 0.824 bits per heavy atom. The average Bonchev–Trinajstić information content (AvgIpc) is 3.22.